The molecule has 0 radical (unpaired) electrons. The van der Waals surface area contributed by atoms with E-state index in [9.17, 15) is 0 Å². The molecule has 1 rings (SSSR count). The lowest BCUT2D eigenvalue weighted by Crippen LogP contribution is -2.21. The number of ether oxygens (including phenoxy) is 1. The molecule has 1 unspecified atom stereocenters. The second kappa shape index (κ2) is 7.33. The third-order valence-electron chi connectivity index (χ3n) is 3.06. The molecule has 0 heterocycles. The predicted molar refractivity (Wildman–Crippen MR) is 73.7 cm³/mol. The number of methoxy groups -OCH3 is 1. The first-order valence-corrected chi connectivity index (χ1v) is 6.60. The molecule has 0 aliphatic carbocycles. The molecule has 0 fully saturated rings. The summed E-state index contributed by atoms with van der Waals surface area (Å²) in [5, 5.41) is 3.55. The van der Waals surface area contributed by atoms with E-state index in [2.05, 4.69) is 44.3 Å². The molecule has 0 aliphatic rings. The second-order valence-electron chi connectivity index (χ2n) is 4.50. The smallest absolute Gasteiger partial charge is 0.123 e. The van der Waals surface area contributed by atoms with E-state index in [-0.39, 0.29) is 0 Å². The van der Waals surface area contributed by atoms with Gasteiger partial charge in [-0.1, -0.05) is 38.8 Å². The number of aryl methyl sites for hydroxylation is 1. The molecule has 17 heavy (non-hydrogen) atoms. The highest BCUT2D eigenvalue weighted by Gasteiger charge is 2.14. The monoisotopic (exact) mass is 235 g/mol. The molecule has 0 spiro atoms. The Balaban J connectivity index is 2.91. The van der Waals surface area contributed by atoms with Crippen molar-refractivity contribution in [1.29, 1.82) is 0 Å². The van der Waals surface area contributed by atoms with Gasteiger partial charge in [-0.15, -0.1) is 0 Å². The van der Waals surface area contributed by atoms with Gasteiger partial charge in [-0.05, 0) is 31.5 Å². The van der Waals surface area contributed by atoms with E-state index in [1.54, 1.807) is 7.11 Å². The lowest BCUT2D eigenvalue weighted by Gasteiger charge is -2.21. The maximum Gasteiger partial charge on any atom is 0.123 e. The Hall–Kier alpha value is -1.02. The fraction of sp³-hybridized carbons (Fsp3) is 0.600. The molecule has 0 aliphatic heterocycles. The predicted octanol–water partition coefficient (Wildman–Crippen LogP) is 3.84. The van der Waals surface area contributed by atoms with Crippen molar-refractivity contribution in [1.82, 2.24) is 5.32 Å². The quantitative estimate of drug-likeness (QED) is 0.775. The largest absolute Gasteiger partial charge is 0.496 e. The van der Waals surface area contributed by atoms with Crippen LogP contribution in [-0.4, -0.2) is 13.7 Å². The Morgan fingerprint density at radius 1 is 1.29 bits per heavy atom. The van der Waals surface area contributed by atoms with Crippen molar-refractivity contribution >= 4 is 0 Å². The summed E-state index contributed by atoms with van der Waals surface area (Å²) < 4.78 is 5.49. The van der Waals surface area contributed by atoms with E-state index in [4.69, 9.17) is 4.74 Å². The summed E-state index contributed by atoms with van der Waals surface area (Å²) in [7, 11) is 1.75. The van der Waals surface area contributed by atoms with E-state index in [0.717, 1.165) is 12.3 Å². The van der Waals surface area contributed by atoms with Gasteiger partial charge in [0, 0.05) is 11.6 Å². The zero-order valence-corrected chi connectivity index (χ0v) is 11.5. The summed E-state index contributed by atoms with van der Waals surface area (Å²) in [6.07, 6.45) is 3.65. The zero-order chi connectivity index (χ0) is 12.7. The van der Waals surface area contributed by atoms with Crippen LogP contribution in [0.2, 0.25) is 0 Å². The highest BCUT2D eigenvalue weighted by Crippen LogP contribution is 2.29. The van der Waals surface area contributed by atoms with Crippen molar-refractivity contribution in [3.05, 3.63) is 29.3 Å². The van der Waals surface area contributed by atoms with Crippen LogP contribution in [0, 0.1) is 6.92 Å². The lowest BCUT2D eigenvalue weighted by molar-refractivity contribution is 0.394. The summed E-state index contributed by atoms with van der Waals surface area (Å²) >= 11 is 0. The first-order valence-electron chi connectivity index (χ1n) is 6.60. The Labute approximate surface area is 105 Å². The Bertz CT molecular complexity index is 336. The van der Waals surface area contributed by atoms with Crippen LogP contribution in [0.15, 0.2) is 18.2 Å². The van der Waals surface area contributed by atoms with Crippen LogP contribution in [0.5, 0.6) is 5.75 Å². The molecular weight excluding hydrogens is 210 g/mol. The van der Waals surface area contributed by atoms with Crippen molar-refractivity contribution in [3.8, 4) is 5.75 Å². The van der Waals surface area contributed by atoms with E-state index in [1.807, 2.05) is 0 Å². The maximum absolute atomic E-state index is 5.49. The lowest BCUT2D eigenvalue weighted by atomic mass is 9.99. The molecule has 1 aromatic rings. The number of benzene rings is 1. The minimum Gasteiger partial charge on any atom is -0.496 e. The normalized spacial score (nSPS) is 12.5. The van der Waals surface area contributed by atoms with Gasteiger partial charge in [-0.3, -0.25) is 0 Å². The minimum absolute atomic E-state index is 0.412. The molecule has 0 saturated heterocycles. The SMILES string of the molecule is CCCCC(NCC)c1ccc(C)cc1OC. The summed E-state index contributed by atoms with van der Waals surface area (Å²) in [5.74, 6) is 1.01. The van der Waals surface area contributed by atoms with Gasteiger partial charge in [0.05, 0.1) is 7.11 Å². The molecule has 0 aromatic heterocycles. The average Bonchev–Trinajstić information content (AvgIpc) is 2.34. The van der Waals surface area contributed by atoms with Gasteiger partial charge in [0.25, 0.3) is 0 Å². The molecule has 2 heteroatoms. The van der Waals surface area contributed by atoms with E-state index in [1.165, 1.54) is 30.4 Å². The summed E-state index contributed by atoms with van der Waals surface area (Å²) in [6.45, 7) is 7.47. The molecule has 96 valence electrons. The van der Waals surface area contributed by atoms with Crippen LogP contribution in [0.3, 0.4) is 0 Å². The van der Waals surface area contributed by atoms with Crippen LogP contribution >= 0.6 is 0 Å². The highest BCUT2D eigenvalue weighted by atomic mass is 16.5. The molecule has 2 nitrogen and oxygen atoms in total. The molecule has 0 bridgehead atoms. The molecule has 1 atom stereocenters. The Morgan fingerprint density at radius 3 is 2.65 bits per heavy atom. The zero-order valence-electron chi connectivity index (χ0n) is 11.5. The molecular formula is C15H25NO. The van der Waals surface area contributed by atoms with Gasteiger partial charge in [0.1, 0.15) is 5.75 Å². The van der Waals surface area contributed by atoms with E-state index in [0.29, 0.717) is 6.04 Å². The van der Waals surface area contributed by atoms with Gasteiger partial charge < -0.3 is 10.1 Å². The van der Waals surface area contributed by atoms with Crippen molar-refractivity contribution in [2.75, 3.05) is 13.7 Å². The number of nitrogens with one attached hydrogen (secondary N) is 1. The van der Waals surface area contributed by atoms with Crippen LogP contribution in [0.25, 0.3) is 0 Å². The molecule has 0 amide bonds. The van der Waals surface area contributed by atoms with Gasteiger partial charge >= 0.3 is 0 Å². The summed E-state index contributed by atoms with van der Waals surface area (Å²) in [6, 6.07) is 6.88. The van der Waals surface area contributed by atoms with Crippen LogP contribution in [0.4, 0.5) is 0 Å². The second-order valence-corrected chi connectivity index (χ2v) is 4.50. The van der Waals surface area contributed by atoms with Crippen molar-refractivity contribution in [3.63, 3.8) is 0 Å². The fourth-order valence-corrected chi connectivity index (χ4v) is 2.13. The third-order valence-corrected chi connectivity index (χ3v) is 3.06. The summed E-state index contributed by atoms with van der Waals surface area (Å²) in [5.41, 5.74) is 2.53. The first-order chi connectivity index (χ1) is 8.22. The Morgan fingerprint density at radius 2 is 2.06 bits per heavy atom. The number of hydrogen-bond acceptors (Lipinski definition) is 2. The molecule has 1 aromatic carbocycles. The fourth-order valence-electron chi connectivity index (χ4n) is 2.13. The van der Waals surface area contributed by atoms with Crippen LogP contribution < -0.4 is 10.1 Å². The molecule has 1 N–H and O–H groups in total. The average molecular weight is 235 g/mol. The number of hydrogen-bond donors (Lipinski definition) is 1. The highest BCUT2D eigenvalue weighted by molar-refractivity contribution is 5.39. The van der Waals surface area contributed by atoms with Gasteiger partial charge in [-0.2, -0.15) is 0 Å². The van der Waals surface area contributed by atoms with E-state index < -0.39 is 0 Å². The van der Waals surface area contributed by atoms with E-state index >= 15 is 0 Å². The van der Waals surface area contributed by atoms with Gasteiger partial charge in [-0.25, -0.2) is 0 Å². The number of rotatable bonds is 7. The third kappa shape index (κ3) is 4.04. The molecule has 0 saturated carbocycles. The van der Waals surface area contributed by atoms with Crippen molar-refractivity contribution < 1.29 is 4.74 Å². The first kappa shape index (κ1) is 14.0. The van der Waals surface area contributed by atoms with Crippen molar-refractivity contribution in [2.45, 2.75) is 46.1 Å². The summed E-state index contributed by atoms with van der Waals surface area (Å²) in [4.78, 5) is 0. The minimum atomic E-state index is 0.412. The van der Waals surface area contributed by atoms with Gasteiger partial charge in [0.2, 0.25) is 0 Å². The maximum atomic E-state index is 5.49. The number of unbranched alkanes of at least 4 members (excludes halogenated alkanes) is 1. The topological polar surface area (TPSA) is 21.3 Å². The van der Waals surface area contributed by atoms with Crippen LogP contribution in [0.1, 0.15) is 50.3 Å². The van der Waals surface area contributed by atoms with Crippen molar-refractivity contribution in [2.24, 2.45) is 0 Å². The van der Waals surface area contributed by atoms with Crippen LogP contribution in [-0.2, 0) is 0 Å². The van der Waals surface area contributed by atoms with Gasteiger partial charge in [0.15, 0.2) is 0 Å². The standard InChI is InChI=1S/C15H25NO/c1-5-7-8-14(16-6-2)13-10-9-12(3)11-15(13)17-4/h9-11,14,16H,5-8H2,1-4H3. The Kier molecular flexibility index (Phi) is 6.06.